The van der Waals surface area contributed by atoms with Crippen molar-refractivity contribution in [2.75, 3.05) is 20.8 Å². The quantitative estimate of drug-likeness (QED) is 0.439. The number of benzene rings is 3. The maximum absolute atomic E-state index is 14.6. The number of carbonyl (C=O) groups excluding carboxylic acids is 2. The number of hydrogen-bond donors (Lipinski definition) is 1. The number of fused-ring (bicyclic) bond motifs is 1. The molecule has 7 heteroatoms. The molecule has 0 bridgehead atoms. The third kappa shape index (κ3) is 4.91. The third-order valence-electron chi connectivity index (χ3n) is 6.69. The van der Waals surface area contributed by atoms with Gasteiger partial charge in [0.05, 0.1) is 27.2 Å². The maximum Gasteiger partial charge on any atom is 0.224 e. The van der Waals surface area contributed by atoms with Crippen molar-refractivity contribution < 1.29 is 28.2 Å². The number of hydrogen-bond acceptors (Lipinski definition) is 5. The largest absolute Gasteiger partial charge is 0.493 e. The van der Waals surface area contributed by atoms with Gasteiger partial charge >= 0.3 is 0 Å². The van der Waals surface area contributed by atoms with Crippen molar-refractivity contribution in [2.24, 2.45) is 5.92 Å². The predicted octanol–water partition coefficient (Wildman–Crippen LogP) is 4.77. The number of Topliss-reactive ketones (excluding diaryl/α,β-unsaturated/α-hetero) is 1. The zero-order chi connectivity index (χ0) is 25.2. The van der Waals surface area contributed by atoms with Crippen molar-refractivity contribution in [2.45, 2.75) is 31.8 Å². The molecule has 3 aromatic rings. The molecule has 1 saturated carbocycles. The first kappa shape index (κ1) is 23.9. The van der Waals surface area contributed by atoms with Gasteiger partial charge in [0.2, 0.25) is 5.91 Å². The summed E-state index contributed by atoms with van der Waals surface area (Å²) in [4.78, 5) is 24.9. The van der Waals surface area contributed by atoms with E-state index in [1.54, 1.807) is 32.4 Å². The van der Waals surface area contributed by atoms with Crippen LogP contribution in [0.2, 0.25) is 0 Å². The zero-order valence-corrected chi connectivity index (χ0v) is 20.3. The fourth-order valence-electron chi connectivity index (χ4n) is 4.57. The number of ketones is 1. The highest BCUT2D eigenvalue weighted by molar-refractivity contribution is 5.99. The molecule has 0 spiro atoms. The summed E-state index contributed by atoms with van der Waals surface area (Å²) in [6.45, 7) is 0.258. The summed E-state index contributed by atoms with van der Waals surface area (Å²) in [6, 6.07) is 15.9. The lowest BCUT2D eigenvalue weighted by molar-refractivity contribution is -0.120. The molecule has 1 atom stereocenters. The first-order chi connectivity index (χ1) is 17.5. The van der Waals surface area contributed by atoms with Gasteiger partial charge in [-0.1, -0.05) is 30.3 Å². The molecule has 1 N–H and O–H groups in total. The Hall–Kier alpha value is -3.87. The molecule has 1 fully saturated rings. The first-order valence-electron chi connectivity index (χ1n) is 12.1. The van der Waals surface area contributed by atoms with Crippen LogP contribution in [0.3, 0.4) is 0 Å². The molecular formula is C29H28FNO5. The highest BCUT2D eigenvalue weighted by Crippen LogP contribution is 2.41. The second-order valence-electron chi connectivity index (χ2n) is 9.23. The minimum Gasteiger partial charge on any atom is -0.493 e. The van der Waals surface area contributed by atoms with Crippen molar-refractivity contribution in [1.82, 2.24) is 5.32 Å². The number of carbonyl (C=O) groups is 2. The van der Waals surface area contributed by atoms with Gasteiger partial charge in [-0.3, -0.25) is 9.59 Å². The molecular weight excluding hydrogens is 461 g/mol. The van der Waals surface area contributed by atoms with E-state index in [4.69, 9.17) is 14.2 Å². The van der Waals surface area contributed by atoms with E-state index in [0.29, 0.717) is 34.8 Å². The fraction of sp³-hybridized carbons (Fsp3) is 0.310. The molecule has 2 aliphatic rings. The van der Waals surface area contributed by atoms with Crippen LogP contribution in [0.1, 0.15) is 34.3 Å². The van der Waals surface area contributed by atoms with Crippen molar-refractivity contribution in [3.8, 4) is 28.4 Å². The molecule has 6 nitrogen and oxygen atoms in total. The monoisotopic (exact) mass is 489 g/mol. The molecule has 1 aliphatic heterocycles. The average molecular weight is 490 g/mol. The minimum absolute atomic E-state index is 0.164. The lowest BCUT2D eigenvalue weighted by atomic mass is 9.98. The Morgan fingerprint density at radius 1 is 1.00 bits per heavy atom. The highest BCUT2D eigenvalue weighted by atomic mass is 19.1. The van der Waals surface area contributed by atoms with Gasteiger partial charge < -0.3 is 19.5 Å². The third-order valence-corrected chi connectivity index (χ3v) is 6.69. The zero-order valence-electron chi connectivity index (χ0n) is 20.3. The van der Waals surface area contributed by atoms with Crippen LogP contribution in [-0.4, -0.2) is 38.6 Å². The molecule has 1 aliphatic carbocycles. The topological polar surface area (TPSA) is 73.9 Å². The van der Waals surface area contributed by atoms with Gasteiger partial charge in [0.25, 0.3) is 0 Å². The van der Waals surface area contributed by atoms with Crippen LogP contribution in [0.25, 0.3) is 11.1 Å². The smallest absolute Gasteiger partial charge is 0.224 e. The van der Waals surface area contributed by atoms with Gasteiger partial charge in [0, 0.05) is 29.0 Å². The molecule has 1 unspecified atom stereocenters. The second kappa shape index (κ2) is 10.0. The van der Waals surface area contributed by atoms with Crippen molar-refractivity contribution in [3.63, 3.8) is 0 Å². The molecule has 3 aromatic carbocycles. The molecule has 5 rings (SSSR count). The minimum atomic E-state index is -0.374. The Balaban J connectivity index is 1.23. The van der Waals surface area contributed by atoms with E-state index in [1.807, 2.05) is 30.3 Å². The highest BCUT2D eigenvalue weighted by Gasteiger charge is 2.31. The average Bonchev–Trinajstić information content (AvgIpc) is 3.66. The normalized spacial score (nSPS) is 16.1. The number of amides is 1. The van der Waals surface area contributed by atoms with Crippen LogP contribution in [-0.2, 0) is 17.6 Å². The van der Waals surface area contributed by atoms with Crippen LogP contribution in [0.5, 0.6) is 17.2 Å². The number of nitrogens with one attached hydrogen (secondary N) is 1. The lowest BCUT2D eigenvalue weighted by Gasteiger charge is -2.14. The second-order valence-corrected chi connectivity index (χ2v) is 9.23. The molecule has 1 heterocycles. The van der Waals surface area contributed by atoms with Crippen LogP contribution >= 0.6 is 0 Å². The van der Waals surface area contributed by atoms with E-state index >= 15 is 0 Å². The van der Waals surface area contributed by atoms with Crippen LogP contribution in [0.4, 0.5) is 4.39 Å². The van der Waals surface area contributed by atoms with Gasteiger partial charge in [-0.15, -0.1) is 0 Å². The molecule has 186 valence electrons. The summed E-state index contributed by atoms with van der Waals surface area (Å²) in [7, 11) is 3.11. The van der Waals surface area contributed by atoms with E-state index < -0.39 is 0 Å². The number of methoxy groups -OCH3 is 2. The van der Waals surface area contributed by atoms with E-state index in [-0.39, 0.29) is 42.5 Å². The van der Waals surface area contributed by atoms with Crippen LogP contribution in [0.15, 0.2) is 54.6 Å². The van der Waals surface area contributed by atoms with E-state index in [0.717, 1.165) is 29.5 Å². The van der Waals surface area contributed by atoms with Gasteiger partial charge in [-0.05, 0) is 48.2 Å². The van der Waals surface area contributed by atoms with Crippen LogP contribution in [0, 0.1) is 11.7 Å². The Kier molecular flexibility index (Phi) is 6.63. The SMILES string of the molecule is COc1ccc(CC(=O)NCC2Cc3c(F)ccc(-c4ccc(C(=O)C5CC5)cc4)c3O2)cc1OC. The Bertz CT molecular complexity index is 1300. The molecule has 36 heavy (non-hydrogen) atoms. The summed E-state index contributed by atoms with van der Waals surface area (Å²) < 4.78 is 31.2. The molecule has 0 radical (unpaired) electrons. The van der Waals surface area contributed by atoms with E-state index in [1.165, 1.54) is 6.07 Å². The van der Waals surface area contributed by atoms with Gasteiger partial charge in [-0.25, -0.2) is 4.39 Å². The molecule has 0 saturated heterocycles. The molecule has 0 aromatic heterocycles. The summed E-state index contributed by atoms with van der Waals surface area (Å²) >= 11 is 0. The lowest BCUT2D eigenvalue weighted by Crippen LogP contribution is -2.35. The van der Waals surface area contributed by atoms with Crippen molar-refractivity contribution in [1.29, 1.82) is 0 Å². The van der Waals surface area contributed by atoms with Crippen molar-refractivity contribution in [3.05, 3.63) is 77.1 Å². The van der Waals surface area contributed by atoms with Gasteiger partial charge in [-0.2, -0.15) is 0 Å². The van der Waals surface area contributed by atoms with Crippen LogP contribution < -0.4 is 19.5 Å². The Morgan fingerprint density at radius 3 is 2.44 bits per heavy atom. The number of halogens is 1. The number of ether oxygens (including phenoxy) is 3. The summed E-state index contributed by atoms with van der Waals surface area (Å²) in [5.41, 5.74) is 3.63. The Morgan fingerprint density at radius 2 is 1.75 bits per heavy atom. The first-order valence-corrected chi connectivity index (χ1v) is 12.1. The summed E-state index contributed by atoms with van der Waals surface area (Å²) in [6.07, 6.45) is 2.09. The maximum atomic E-state index is 14.6. The van der Waals surface area contributed by atoms with Crippen molar-refractivity contribution >= 4 is 11.7 Å². The van der Waals surface area contributed by atoms with Gasteiger partial charge in [0.15, 0.2) is 17.3 Å². The number of rotatable bonds is 9. The molecule has 1 amide bonds. The standard InChI is InChI=1S/C29H28FNO5/c1-34-25-12-3-17(13-26(25)35-2)14-27(32)31-16-21-15-23-24(30)11-10-22(29(23)36-21)18-4-6-19(7-5-18)28(33)20-8-9-20/h3-7,10-13,20-21H,8-9,14-16H2,1-2H3,(H,31,32). The predicted molar refractivity (Wildman–Crippen MR) is 133 cm³/mol. The summed E-state index contributed by atoms with van der Waals surface area (Å²) in [5.74, 6) is 1.51. The summed E-state index contributed by atoms with van der Waals surface area (Å²) in [5, 5.41) is 2.89. The van der Waals surface area contributed by atoms with E-state index in [2.05, 4.69) is 5.32 Å². The Labute approximate surface area is 209 Å². The van der Waals surface area contributed by atoms with Gasteiger partial charge in [0.1, 0.15) is 17.7 Å². The fourth-order valence-corrected chi connectivity index (χ4v) is 4.57. The van der Waals surface area contributed by atoms with E-state index in [9.17, 15) is 14.0 Å².